The molecule has 8 nitrogen and oxygen atoms in total. The normalized spacial score (nSPS) is 11.9. The lowest BCUT2D eigenvalue weighted by Crippen LogP contribution is -2.29. The lowest BCUT2D eigenvalue weighted by atomic mass is 10.1. The molecule has 0 atom stereocenters. The van der Waals surface area contributed by atoms with E-state index in [9.17, 15) is 4.39 Å². The molecule has 0 aliphatic carbocycles. The number of hydrogen-bond donors (Lipinski definition) is 2. The van der Waals surface area contributed by atoms with Crippen molar-refractivity contribution in [1.82, 2.24) is 4.98 Å². The van der Waals surface area contributed by atoms with Gasteiger partial charge >= 0.3 is 0 Å². The molecular formula is C26H24ClFN6O2. The number of nitrogens with two attached hydrogens (primary N) is 2. The van der Waals surface area contributed by atoms with Gasteiger partial charge in [0.15, 0.2) is 5.84 Å². The van der Waals surface area contributed by atoms with Gasteiger partial charge in [-0.25, -0.2) is 9.37 Å². The third kappa shape index (κ3) is 6.28. The van der Waals surface area contributed by atoms with Gasteiger partial charge in [-0.2, -0.15) is 5.10 Å². The second-order valence-electron chi connectivity index (χ2n) is 7.14. The second kappa shape index (κ2) is 12.2. The summed E-state index contributed by atoms with van der Waals surface area (Å²) >= 11 is 6.47. The summed E-state index contributed by atoms with van der Waals surface area (Å²) in [6, 6.07) is 16.2. The number of rotatable bonds is 8. The van der Waals surface area contributed by atoms with Gasteiger partial charge in [0.1, 0.15) is 11.6 Å². The number of nitrogens with zero attached hydrogens (tertiary/aromatic N) is 4. The van der Waals surface area contributed by atoms with Crippen LogP contribution in [-0.2, 0) is 4.74 Å². The number of benzene rings is 2. The zero-order chi connectivity index (χ0) is 26.1. The van der Waals surface area contributed by atoms with E-state index < -0.39 is 0 Å². The number of amidine groups is 1. The first-order valence-electron chi connectivity index (χ1n) is 10.5. The van der Waals surface area contributed by atoms with Crippen molar-refractivity contribution in [1.29, 1.82) is 0 Å². The van der Waals surface area contributed by atoms with Crippen molar-refractivity contribution in [2.24, 2.45) is 21.9 Å². The van der Waals surface area contributed by atoms with E-state index in [-0.39, 0.29) is 23.3 Å². The summed E-state index contributed by atoms with van der Waals surface area (Å²) in [4.78, 5) is 5.66. The molecule has 184 valence electrons. The second-order valence-corrected chi connectivity index (χ2v) is 7.55. The van der Waals surface area contributed by atoms with Crippen LogP contribution in [0.4, 0.5) is 10.1 Å². The Morgan fingerprint density at radius 1 is 1.03 bits per heavy atom. The highest BCUT2D eigenvalue weighted by molar-refractivity contribution is 6.34. The Morgan fingerprint density at radius 3 is 2.39 bits per heavy atom. The molecule has 2 aromatic carbocycles. The van der Waals surface area contributed by atoms with Crippen molar-refractivity contribution < 1.29 is 13.9 Å². The van der Waals surface area contributed by atoms with Gasteiger partial charge < -0.3 is 21.2 Å². The minimum absolute atomic E-state index is 0.0171. The number of hydrogen-bond acceptors (Lipinski definition) is 7. The number of ether oxygens (including phenoxy) is 2. The van der Waals surface area contributed by atoms with E-state index in [4.69, 9.17) is 32.8 Å². The van der Waals surface area contributed by atoms with Gasteiger partial charge in [0.05, 0.1) is 17.8 Å². The van der Waals surface area contributed by atoms with Crippen molar-refractivity contribution in [3.05, 3.63) is 114 Å². The molecule has 36 heavy (non-hydrogen) atoms. The summed E-state index contributed by atoms with van der Waals surface area (Å²) < 4.78 is 24.3. The van der Waals surface area contributed by atoms with Crippen molar-refractivity contribution in [2.75, 3.05) is 12.0 Å². The van der Waals surface area contributed by atoms with Crippen LogP contribution in [0.2, 0.25) is 5.02 Å². The monoisotopic (exact) mass is 506 g/mol. The molecule has 0 aliphatic rings. The van der Waals surface area contributed by atoms with Crippen molar-refractivity contribution >= 4 is 40.5 Å². The van der Waals surface area contributed by atoms with Gasteiger partial charge in [0.25, 0.3) is 0 Å². The smallest absolute Gasteiger partial charge is 0.235 e. The first kappa shape index (κ1) is 26.0. The maximum Gasteiger partial charge on any atom is 0.235 e. The summed E-state index contributed by atoms with van der Waals surface area (Å²) in [7, 11) is 1.50. The molecule has 0 saturated heterocycles. The first-order chi connectivity index (χ1) is 17.4. The highest BCUT2D eigenvalue weighted by Crippen LogP contribution is 2.32. The Kier molecular flexibility index (Phi) is 8.79. The summed E-state index contributed by atoms with van der Waals surface area (Å²) in [5.74, 6) is 11.8. The Labute approximate surface area is 213 Å². The molecule has 0 saturated carbocycles. The molecule has 10 heteroatoms. The van der Waals surface area contributed by atoms with Crippen LogP contribution >= 0.6 is 11.6 Å². The minimum Gasteiger partial charge on any atom is -0.481 e. The van der Waals surface area contributed by atoms with Gasteiger partial charge in [-0.15, -0.1) is 5.10 Å². The van der Waals surface area contributed by atoms with Crippen LogP contribution in [0.25, 0.3) is 11.5 Å². The van der Waals surface area contributed by atoms with E-state index in [1.54, 1.807) is 59.6 Å². The molecule has 3 aromatic rings. The fourth-order valence-electron chi connectivity index (χ4n) is 3.12. The number of para-hydroxylation sites is 1. The fraction of sp³-hybridized carbons (Fsp3) is 0.0385. The molecule has 4 N–H and O–H groups in total. The fourth-order valence-corrected chi connectivity index (χ4v) is 3.34. The summed E-state index contributed by atoms with van der Waals surface area (Å²) in [6.07, 6.45) is 4.53. The number of anilines is 1. The van der Waals surface area contributed by atoms with Crippen LogP contribution in [0.3, 0.4) is 0 Å². The highest BCUT2D eigenvalue weighted by Gasteiger charge is 2.20. The van der Waals surface area contributed by atoms with Crippen LogP contribution in [0.15, 0.2) is 102 Å². The molecule has 0 unspecified atom stereocenters. The molecular weight excluding hydrogens is 483 g/mol. The summed E-state index contributed by atoms with van der Waals surface area (Å²) in [6.45, 7) is 8.05. The molecule has 1 aromatic heterocycles. The maximum atomic E-state index is 13.5. The summed E-state index contributed by atoms with van der Waals surface area (Å²) in [5.41, 5.74) is 2.22. The Morgan fingerprint density at radius 2 is 1.75 bits per heavy atom. The van der Waals surface area contributed by atoms with E-state index in [2.05, 4.69) is 28.3 Å². The molecule has 0 spiro atoms. The standard InChI is InChI=1S/C26H24ClFN6O2/c1-17(19-8-10-21(28)11-9-19)34(23-7-5-4-6-22(23)27)24(32-29)12-13-25(33-30)36-18(2)20-14-15-31-26(16-20)35-3/h4-16H,1-2,29-30H2,3H3/b13-12+,32-24-,33-25-. The van der Waals surface area contributed by atoms with E-state index >= 15 is 0 Å². The van der Waals surface area contributed by atoms with Crippen LogP contribution in [0.5, 0.6) is 5.88 Å². The predicted octanol–water partition coefficient (Wildman–Crippen LogP) is 5.15. The average molecular weight is 507 g/mol. The molecule has 0 aliphatic heterocycles. The minimum atomic E-state index is -0.378. The SMILES string of the molecule is C=C(OC(/C=C/C(=N/N)N(C(=C)c1ccc(F)cc1)c1ccccc1Cl)=N\N)c1ccnc(OC)c1. The van der Waals surface area contributed by atoms with Crippen LogP contribution in [0, 0.1) is 5.82 Å². The predicted molar refractivity (Wildman–Crippen MR) is 143 cm³/mol. The lowest BCUT2D eigenvalue weighted by molar-refractivity contribution is 0.397. The van der Waals surface area contributed by atoms with Crippen molar-refractivity contribution in [3.63, 3.8) is 0 Å². The van der Waals surface area contributed by atoms with Gasteiger partial charge in [-0.3, -0.25) is 4.90 Å². The van der Waals surface area contributed by atoms with Crippen molar-refractivity contribution in [3.8, 4) is 5.88 Å². The number of methoxy groups -OCH3 is 1. The molecule has 3 rings (SSSR count). The lowest BCUT2D eigenvalue weighted by Gasteiger charge is -2.27. The Hall–Kier alpha value is -4.63. The number of halogens is 2. The number of pyridine rings is 1. The molecule has 0 bridgehead atoms. The molecule has 0 radical (unpaired) electrons. The van der Waals surface area contributed by atoms with E-state index in [0.29, 0.717) is 33.4 Å². The van der Waals surface area contributed by atoms with Crippen LogP contribution in [-0.4, -0.2) is 23.8 Å². The zero-order valence-electron chi connectivity index (χ0n) is 19.4. The van der Waals surface area contributed by atoms with Gasteiger partial charge in [-0.05, 0) is 54.1 Å². The van der Waals surface area contributed by atoms with Crippen molar-refractivity contribution in [2.45, 2.75) is 0 Å². The number of aromatic nitrogens is 1. The van der Waals surface area contributed by atoms with E-state index in [1.807, 2.05) is 0 Å². The molecule has 0 amide bonds. The third-order valence-electron chi connectivity index (χ3n) is 4.90. The average Bonchev–Trinajstić information content (AvgIpc) is 2.90. The van der Waals surface area contributed by atoms with Gasteiger partial charge in [0.2, 0.25) is 11.8 Å². The zero-order valence-corrected chi connectivity index (χ0v) is 20.2. The maximum absolute atomic E-state index is 13.5. The molecule has 1 heterocycles. The highest BCUT2D eigenvalue weighted by atomic mass is 35.5. The first-order valence-corrected chi connectivity index (χ1v) is 10.9. The van der Waals surface area contributed by atoms with E-state index in [1.165, 1.54) is 31.4 Å². The number of hydrazone groups is 2. The van der Waals surface area contributed by atoms with Gasteiger partial charge in [-0.1, -0.05) is 36.9 Å². The Balaban J connectivity index is 1.91. The topological polar surface area (TPSA) is 111 Å². The van der Waals surface area contributed by atoms with Gasteiger partial charge in [0, 0.05) is 29.6 Å². The van der Waals surface area contributed by atoms with Crippen LogP contribution in [0.1, 0.15) is 11.1 Å². The van der Waals surface area contributed by atoms with E-state index in [0.717, 1.165) is 0 Å². The molecule has 0 fully saturated rings. The van der Waals surface area contributed by atoms with Crippen LogP contribution < -0.4 is 21.3 Å². The summed E-state index contributed by atoms with van der Waals surface area (Å²) in [5, 5.41) is 7.98. The quantitative estimate of drug-likeness (QED) is 0.144. The Bertz CT molecular complexity index is 1340. The largest absolute Gasteiger partial charge is 0.481 e. The third-order valence-corrected chi connectivity index (χ3v) is 5.22.